The predicted molar refractivity (Wildman–Crippen MR) is 91.1 cm³/mol. The molecule has 116 valence electrons. The average Bonchev–Trinajstić information content (AvgIpc) is 2.44. The van der Waals surface area contributed by atoms with Crippen molar-refractivity contribution in [1.29, 1.82) is 0 Å². The average molecular weight is 352 g/mol. The molecule has 4 aliphatic rings. The molecule has 0 heterocycles. The van der Waals surface area contributed by atoms with Crippen LogP contribution in [0.25, 0.3) is 0 Å². The number of rotatable bonds is 4. The summed E-state index contributed by atoms with van der Waals surface area (Å²) in [7, 11) is 1.74. The van der Waals surface area contributed by atoms with E-state index in [0.29, 0.717) is 5.54 Å². The Hall–Kier alpha value is -0.540. The molecule has 0 unspecified atom stereocenters. The van der Waals surface area contributed by atoms with Crippen LogP contribution in [0.1, 0.15) is 44.1 Å². The second-order valence-corrected chi connectivity index (χ2v) is 7.40. The number of hydrogen-bond acceptors (Lipinski definition) is 2. The van der Waals surface area contributed by atoms with E-state index in [4.69, 9.17) is 4.74 Å². The van der Waals surface area contributed by atoms with Crippen molar-refractivity contribution < 1.29 is 4.74 Å². The van der Waals surface area contributed by atoms with Crippen molar-refractivity contribution in [3.8, 4) is 5.75 Å². The van der Waals surface area contributed by atoms with Crippen molar-refractivity contribution in [2.24, 2.45) is 17.8 Å². The maximum Gasteiger partial charge on any atom is 0.119 e. The van der Waals surface area contributed by atoms with Gasteiger partial charge in [0.1, 0.15) is 5.75 Å². The summed E-state index contributed by atoms with van der Waals surface area (Å²) >= 11 is 0. The Balaban J connectivity index is 0.00000132. The molecule has 1 aromatic rings. The smallest absolute Gasteiger partial charge is 0.119 e. The molecule has 2 nitrogen and oxygen atoms in total. The molecule has 5 rings (SSSR count). The predicted octanol–water partition coefficient (Wildman–Crippen LogP) is 4.33. The van der Waals surface area contributed by atoms with E-state index in [2.05, 4.69) is 23.5 Å². The van der Waals surface area contributed by atoms with Crippen LogP contribution in [-0.2, 0) is 6.54 Å². The summed E-state index contributed by atoms with van der Waals surface area (Å²) < 4.78 is 5.32. The first-order valence-electron chi connectivity index (χ1n) is 8.13. The monoisotopic (exact) mass is 351 g/mol. The van der Waals surface area contributed by atoms with Crippen LogP contribution in [0.3, 0.4) is 0 Å². The van der Waals surface area contributed by atoms with Crippen molar-refractivity contribution >= 4 is 17.0 Å². The lowest BCUT2D eigenvalue weighted by Gasteiger charge is -2.57. The molecule has 1 aromatic carbocycles. The number of benzene rings is 1. The van der Waals surface area contributed by atoms with Gasteiger partial charge in [-0.2, -0.15) is 0 Å². The summed E-state index contributed by atoms with van der Waals surface area (Å²) in [6.07, 6.45) is 8.80. The van der Waals surface area contributed by atoms with Gasteiger partial charge in [-0.1, -0.05) is 12.1 Å². The number of halogens is 1. The van der Waals surface area contributed by atoms with Crippen LogP contribution in [-0.4, -0.2) is 12.6 Å². The molecule has 0 atom stereocenters. The molecule has 0 radical (unpaired) electrons. The second-order valence-electron chi connectivity index (χ2n) is 7.40. The Bertz CT molecular complexity index is 466. The van der Waals surface area contributed by atoms with Gasteiger partial charge in [0.15, 0.2) is 0 Å². The van der Waals surface area contributed by atoms with Crippen molar-refractivity contribution in [3.63, 3.8) is 0 Å². The SMILES string of the molecule is Br.COc1cccc(CNC23CC4CC(CC(C4)C2)C3)c1. The van der Waals surface area contributed by atoms with Gasteiger partial charge in [0, 0.05) is 12.1 Å². The van der Waals surface area contributed by atoms with Gasteiger partial charge >= 0.3 is 0 Å². The summed E-state index contributed by atoms with van der Waals surface area (Å²) in [6, 6.07) is 8.48. The van der Waals surface area contributed by atoms with Gasteiger partial charge < -0.3 is 10.1 Å². The summed E-state index contributed by atoms with van der Waals surface area (Å²) in [5.41, 5.74) is 1.80. The Morgan fingerprint density at radius 1 is 1.10 bits per heavy atom. The van der Waals surface area contributed by atoms with Crippen LogP contribution in [0.2, 0.25) is 0 Å². The van der Waals surface area contributed by atoms with Gasteiger partial charge in [-0.3, -0.25) is 0 Å². The fourth-order valence-corrected chi connectivity index (χ4v) is 5.40. The number of ether oxygens (including phenoxy) is 1. The molecule has 4 fully saturated rings. The van der Waals surface area contributed by atoms with Crippen LogP contribution >= 0.6 is 17.0 Å². The zero-order chi connectivity index (χ0) is 13.6. The zero-order valence-corrected chi connectivity index (χ0v) is 14.5. The molecule has 21 heavy (non-hydrogen) atoms. The summed E-state index contributed by atoms with van der Waals surface area (Å²) in [6.45, 7) is 0.989. The highest BCUT2D eigenvalue weighted by Crippen LogP contribution is 2.55. The van der Waals surface area contributed by atoms with Crippen LogP contribution in [0.5, 0.6) is 5.75 Å². The third kappa shape index (κ3) is 3.00. The fourth-order valence-electron chi connectivity index (χ4n) is 5.40. The van der Waals surface area contributed by atoms with Crippen LogP contribution in [0.4, 0.5) is 0 Å². The van der Waals surface area contributed by atoms with E-state index < -0.39 is 0 Å². The minimum Gasteiger partial charge on any atom is -0.497 e. The molecule has 0 aromatic heterocycles. The molecule has 4 bridgehead atoms. The van der Waals surface area contributed by atoms with Crippen LogP contribution < -0.4 is 10.1 Å². The first-order valence-corrected chi connectivity index (χ1v) is 8.13. The van der Waals surface area contributed by atoms with Gasteiger partial charge in [0.25, 0.3) is 0 Å². The lowest BCUT2D eigenvalue weighted by atomic mass is 9.53. The second kappa shape index (κ2) is 5.92. The minimum atomic E-state index is 0. The van der Waals surface area contributed by atoms with E-state index in [-0.39, 0.29) is 17.0 Å². The van der Waals surface area contributed by atoms with Gasteiger partial charge in [0.05, 0.1) is 7.11 Å². The maximum atomic E-state index is 5.32. The number of hydrogen-bond donors (Lipinski definition) is 1. The van der Waals surface area contributed by atoms with Crippen molar-refractivity contribution in [2.45, 2.75) is 50.6 Å². The molecule has 0 amide bonds. The summed E-state index contributed by atoms with van der Waals surface area (Å²) in [5, 5.41) is 3.94. The Morgan fingerprint density at radius 3 is 2.29 bits per heavy atom. The molecule has 0 spiro atoms. The third-order valence-corrected chi connectivity index (χ3v) is 5.84. The van der Waals surface area contributed by atoms with Gasteiger partial charge in [-0.25, -0.2) is 0 Å². The quantitative estimate of drug-likeness (QED) is 0.871. The highest BCUT2D eigenvalue weighted by Gasteiger charge is 2.50. The lowest BCUT2D eigenvalue weighted by molar-refractivity contribution is -0.0206. The van der Waals surface area contributed by atoms with Crippen LogP contribution in [0.15, 0.2) is 24.3 Å². The summed E-state index contributed by atoms with van der Waals surface area (Å²) in [4.78, 5) is 0. The van der Waals surface area contributed by atoms with Crippen molar-refractivity contribution in [3.05, 3.63) is 29.8 Å². The summed E-state index contributed by atoms with van der Waals surface area (Å²) in [5.74, 6) is 4.01. The zero-order valence-electron chi connectivity index (χ0n) is 12.8. The molecule has 0 saturated heterocycles. The highest BCUT2D eigenvalue weighted by molar-refractivity contribution is 8.93. The maximum absolute atomic E-state index is 5.32. The molecular weight excluding hydrogens is 326 g/mol. The lowest BCUT2D eigenvalue weighted by Crippen LogP contribution is -2.58. The molecule has 0 aliphatic heterocycles. The Kier molecular flexibility index (Phi) is 4.33. The topological polar surface area (TPSA) is 21.3 Å². The minimum absolute atomic E-state index is 0. The Labute approximate surface area is 138 Å². The molecule has 3 heteroatoms. The third-order valence-electron chi connectivity index (χ3n) is 5.84. The molecule has 1 N–H and O–H groups in total. The number of methoxy groups -OCH3 is 1. The molecule has 4 aliphatic carbocycles. The Morgan fingerprint density at radius 2 is 1.71 bits per heavy atom. The standard InChI is InChI=1S/C18H25NO.BrH/c1-20-17-4-2-3-13(8-17)12-19-18-9-14-5-15(10-18)7-16(6-14)11-18;/h2-4,8,14-16,19H,5-7,9-12H2,1H3;1H. The van der Waals surface area contributed by atoms with Crippen LogP contribution in [0, 0.1) is 17.8 Å². The van der Waals surface area contributed by atoms with Gasteiger partial charge in [-0.05, 0) is 74.0 Å². The van der Waals surface area contributed by atoms with Crippen molar-refractivity contribution in [1.82, 2.24) is 5.32 Å². The van der Waals surface area contributed by atoms with Gasteiger partial charge in [-0.15, -0.1) is 17.0 Å². The first-order chi connectivity index (χ1) is 9.75. The van der Waals surface area contributed by atoms with E-state index in [1.54, 1.807) is 7.11 Å². The normalized spacial score (nSPS) is 36.3. The number of nitrogens with one attached hydrogen (secondary N) is 1. The molecular formula is C18H26BrNO. The molecule has 4 saturated carbocycles. The van der Waals surface area contributed by atoms with Crippen molar-refractivity contribution in [2.75, 3.05) is 7.11 Å². The largest absolute Gasteiger partial charge is 0.497 e. The van der Waals surface area contributed by atoms with E-state index in [1.807, 2.05) is 6.07 Å². The van der Waals surface area contributed by atoms with E-state index in [9.17, 15) is 0 Å². The van der Waals surface area contributed by atoms with Gasteiger partial charge in [0.2, 0.25) is 0 Å². The van der Waals surface area contributed by atoms with E-state index >= 15 is 0 Å². The van der Waals surface area contributed by atoms with E-state index in [1.165, 1.54) is 44.1 Å². The first kappa shape index (κ1) is 15.4. The highest BCUT2D eigenvalue weighted by atomic mass is 79.9. The van der Waals surface area contributed by atoms with E-state index in [0.717, 1.165) is 30.0 Å². The fraction of sp³-hybridized carbons (Fsp3) is 0.667.